The number of fused-ring (bicyclic) bond motifs is 1. The molecule has 0 unspecified atom stereocenters. The van der Waals surface area contributed by atoms with Crippen molar-refractivity contribution in [2.75, 3.05) is 36.1 Å². The second-order valence-electron chi connectivity index (χ2n) is 6.88. The standard InChI is InChI=1S/C18H22N6O3S/c1-28(25,26)23-14-2-3-16-15(10-14)17(20-11-13-4-8-27-9-5-13)22-18(21-16)24-7-6-19-12-24/h2-3,6-7,10,12-13,23H,4-5,8-9,11H2,1H3,(H,20,21,22). The summed E-state index contributed by atoms with van der Waals surface area (Å²) in [7, 11) is -3.37. The zero-order valence-corrected chi connectivity index (χ0v) is 16.3. The van der Waals surface area contributed by atoms with Gasteiger partial charge in [-0.2, -0.15) is 4.98 Å². The summed E-state index contributed by atoms with van der Waals surface area (Å²) < 4.78 is 32.8. The van der Waals surface area contributed by atoms with Crippen molar-refractivity contribution in [3.8, 4) is 5.95 Å². The van der Waals surface area contributed by atoms with Crippen LogP contribution in [0.3, 0.4) is 0 Å². The minimum absolute atomic E-state index is 0.475. The summed E-state index contributed by atoms with van der Waals surface area (Å²) in [4.78, 5) is 13.3. The van der Waals surface area contributed by atoms with Crippen molar-refractivity contribution in [1.29, 1.82) is 0 Å². The maximum absolute atomic E-state index is 11.6. The number of hydrogen-bond donors (Lipinski definition) is 2. The third-order valence-electron chi connectivity index (χ3n) is 4.62. The number of imidazole rings is 1. The van der Waals surface area contributed by atoms with Gasteiger partial charge >= 0.3 is 0 Å². The second kappa shape index (κ2) is 7.72. The first-order chi connectivity index (χ1) is 13.5. The summed E-state index contributed by atoms with van der Waals surface area (Å²) in [5.41, 5.74) is 1.19. The summed E-state index contributed by atoms with van der Waals surface area (Å²) >= 11 is 0. The Morgan fingerprint density at radius 2 is 2.07 bits per heavy atom. The number of ether oxygens (including phenoxy) is 1. The molecule has 2 aromatic heterocycles. The molecular formula is C18H22N6O3S. The molecule has 28 heavy (non-hydrogen) atoms. The first-order valence-electron chi connectivity index (χ1n) is 9.07. The summed E-state index contributed by atoms with van der Waals surface area (Å²) in [5.74, 6) is 1.67. The third-order valence-corrected chi connectivity index (χ3v) is 5.23. The molecule has 0 radical (unpaired) electrons. The Kier molecular flexibility index (Phi) is 5.14. The molecule has 3 heterocycles. The van der Waals surface area contributed by atoms with Crippen LogP contribution in [0.2, 0.25) is 0 Å². The molecule has 0 bridgehead atoms. The Hall–Kier alpha value is -2.72. The number of anilines is 2. The Morgan fingerprint density at radius 1 is 1.25 bits per heavy atom. The number of nitrogens with one attached hydrogen (secondary N) is 2. The van der Waals surface area contributed by atoms with Gasteiger partial charge in [0.2, 0.25) is 16.0 Å². The van der Waals surface area contributed by atoms with E-state index in [0.717, 1.165) is 44.2 Å². The van der Waals surface area contributed by atoms with Crippen LogP contribution >= 0.6 is 0 Å². The first kappa shape index (κ1) is 18.6. The first-order valence-corrected chi connectivity index (χ1v) is 11.0. The monoisotopic (exact) mass is 402 g/mol. The minimum atomic E-state index is -3.37. The number of nitrogens with zero attached hydrogens (tertiary/aromatic N) is 4. The molecule has 1 aliphatic rings. The van der Waals surface area contributed by atoms with Crippen molar-refractivity contribution in [3.63, 3.8) is 0 Å². The van der Waals surface area contributed by atoms with Crippen LogP contribution in [0, 0.1) is 5.92 Å². The summed E-state index contributed by atoms with van der Waals surface area (Å²) in [5, 5.41) is 4.19. The Bertz CT molecular complexity index is 1060. The summed E-state index contributed by atoms with van der Waals surface area (Å²) in [6.45, 7) is 2.32. The van der Waals surface area contributed by atoms with Crippen LogP contribution in [0.5, 0.6) is 0 Å². The van der Waals surface area contributed by atoms with Gasteiger partial charge in [-0.1, -0.05) is 0 Å². The molecule has 4 rings (SSSR count). The summed E-state index contributed by atoms with van der Waals surface area (Å²) in [6, 6.07) is 5.22. The van der Waals surface area contributed by atoms with Crippen molar-refractivity contribution in [2.45, 2.75) is 12.8 Å². The van der Waals surface area contributed by atoms with Gasteiger partial charge in [0.25, 0.3) is 0 Å². The molecule has 0 saturated carbocycles. The highest BCUT2D eigenvalue weighted by Gasteiger charge is 2.16. The van der Waals surface area contributed by atoms with Crippen LogP contribution in [-0.4, -0.2) is 54.0 Å². The number of sulfonamides is 1. The molecule has 9 nitrogen and oxygen atoms in total. The predicted octanol–water partition coefficient (Wildman–Crippen LogP) is 2.03. The van der Waals surface area contributed by atoms with Crippen molar-refractivity contribution in [1.82, 2.24) is 19.5 Å². The fourth-order valence-corrected chi connectivity index (χ4v) is 3.77. The van der Waals surface area contributed by atoms with Crippen LogP contribution in [-0.2, 0) is 14.8 Å². The third kappa shape index (κ3) is 4.39. The maximum Gasteiger partial charge on any atom is 0.237 e. The van der Waals surface area contributed by atoms with E-state index in [0.29, 0.717) is 28.9 Å². The van der Waals surface area contributed by atoms with Crippen molar-refractivity contribution in [3.05, 3.63) is 36.9 Å². The lowest BCUT2D eigenvalue weighted by molar-refractivity contribution is 0.0699. The molecule has 1 aliphatic heterocycles. The zero-order chi connectivity index (χ0) is 19.6. The minimum Gasteiger partial charge on any atom is -0.381 e. The molecule has 148 valence electrons. The highest BCUT2D eigenvalue weighted by molar-refractivity contribution is 7.92. The van der Waals surface area contributed by atoms with Crippen molar-refractivity contribution >= 4 is 32.4 Å². The average molecular weight is 402 g/mol. The van der Waals surface area contributed by atoms with E-state index in [1.165, 1.54) is 0 Å². The molecular weight excluding hydrogens is 380 g/mol. The molecule has 0 amide bonds. The van der Waals surface area contributed by atoms with Gasteiger partial charge in [0.05, 0.1) is 11.8 Å². The lowest BCUT2D eigenvalue weighted by Crippen LogP contribution is -2.23. The molecule has 0 aliphatic carbocycles. The van der Waals surface area contributed by atoms with E-state index in [4.69, 9.17) is 4.74 Å². The molecule has 3 aromatic rings. The molecule has 10 heteroatoms. The molecule has 1 fully saturated rings. The fourth-order valence-electron chi connectivity index (χ4n) is 3.21. The molecule has 0 spiro atoms. The Morgan fingerprint density at radius 3 is 2.79 bits per heavy atom. The van der Waals surface area contributed by atoms with Gasteiger partial charge in [-0.25, -0.2) is 18.4 Å². The zero-order valence-electron chi connectivity index (χ0n) is 15.5. The largest absolute Gasteiger partial charge is 0.381 e. The quantitative estimate of drug-likeness (QED) is 0.649. The highest BCUT2D eigenvalue weighted by Crippen LogP contribution is 2.26. The van der Waals surface area contributed by atoms with Gasteiger partial charge in [0.1, 0.15) is 12.1 Å². The van der Waals surface area contributed by atoms with Gasteiger partial charge in [-0.15, -0.1) is 0 Å². The van der Waals surface area contributed by atoms with Gasteiger partial charge in [-0.3, -0.25) is 9.29 Å². The maximum atomic E-state index is 11.6. The van der Waals surface area contributed by atoms with Gasteiger partial charge < -0.3 is 10.1 Å². The number of rotatable bonds is 6. The second-order valence-corrected chi connectivity index (χ2v) is 8.63. The van der Waals surface area contributed by atoms with Gasteiger partial charge in [-0.05, 0) is 37.0 Å². The van der Waals surface area contributed by atoms with Crippen molar-refractivity contribution < 1.29 is 13.2 Å². The van der Waals surface area contributed by atoms with E-state index >= 15 is 0 Å². The molecule has 2 N–H and O–H groups in total. The number of hydrogen-bond acceptors (Lipinski definition) is 7. The lowest BCUT2D eigenvalue weighted by Gasteiger charge is -2.23. The number of aromatic nitrogens is 4. The van der Waals surface area contributed by atoms with E-state index in [1.807, 2.05) is 0 Å². The molecule has 1 saturated heterocycles. The van der Waals surface area contributed by atoms with Crippen LogP contribution in [0.4, 0.5) is 11.5 Å². The van der Waals surface area contributed by atoms with E-state index in [2.05, 4.69) is 25.0 Å². The van der Waals surface area contributed by atoms with E-state index in [-0.39, 0.29) is 0 Å². The average Bonchev–Trinajstić information content (AvgIpc) is 3.20. The predicted molar refractivity (Wildman–Crippen MR) is 107 cm³/mol. The van der Waals surface area contributed by atoms with Crippen molar-refractivity contribution in [2.24, 2.45) is 5.92 Å². The van der Waals surface area contributed by atoms with E-state index < -0.39 is 10.0 Å². The fraction of sp³-hybridized carbons (Fsp3) is 0.389. The molecule has 1 aromatic carbocycles. The SMILES string of the molecule is CS(=O)(=O)Nc1ccc2nc(-n3ccnc3)nc(NCC3CCOCC3)c2c1. The Balaban J connectivity index is 1.71. The molecule has 0 atom stereocenters. The van der Waals surface area contributed by atoms with Crippen LogP contribution in [0.1, 0.15) is 12.8 Å². The van der Waals surface area contributed by atoms with Gasteiger partial charge in [0.15, 0.2) is 0 Å². The van der Waals surface area contributed by atoms with Crippen LogP contribution in [0.25, 0.3) is 16.9 Å². The van der Waals surface area contributed by atoms with E-state index in [9.17, 15) is 8.42 Å². The summed E-state index contributed by atoms with van der Waals surface area (Å²) in [6.07, 6.45) is 8.23. The van der Waals surface area contributed by atoms with E-state index in [1.54, 1.807) is 41.5 Å². The topological polar surface area (TPSA) is 111 Å². The smallest absolute Gasteiger partial charge is 0.237 e. The number of benzene rings is 1. The van der Waals surface area contributed by atoms with Crippen LogP contribution in [0.15, 0.2) is 36.9 Å². The van der Waals surface area contributed by atoms with Crippen LogP contribution < -0.4 is 10.0 Å². The van der Waals surface area contributed by atoms with Gasteiger partial charge in [0, 0.05) is 43.2 Å². The highest BCUT2D eigenvalue weighted by atomic mass is 32.2. The normalized spacial score (nSPS) is 15.6. The lowest BCUT2D eigenvalue weighted by atomic mass is 10.0. The Labute approximate surface area is 163 Å².